The van der Waals surface area contributed by atoms with Gasteiger partial charge in [-0.3, -0.25) is 0 Å². The van der Waals surface area contributed by atoms with Crippen LogP contribution in [0.2, 0.25) is 0 Å². The van der Waals surface area contributed by atoms with Gasteiger partial charge in [-0.2, -0.15) is 4.39 Å². The van der Waals surface area contributed by atoms with Gasteiger partial charge in [-0.15, -0.1) is 0 Å². The highest BCUT2D eigenvalue weighted by Crippen LogP contribution is 2.19. The van der Waals surface area contributed by atoms with Gasteiger partial charge in [0, 0.05) is 0 Å². The van der Waals surface area contributed by atoms with E-state index in [2.05, 4.69) is 0 Å². The first-order valence-corrected chi connectivity index (χ1v) is 4.68. The van der Waals surface area contributed by atoms with Gasteiger partial charge in [0.2, 0.25) is 5.82 Å². The smallest absolute Gasteiger partial charge is 0.200 e. The molecule has 0 saturated heterocycles. The Morgan fingerprint density at radius 3 is 2.64 bits per heavy atom. The molecule has 0 fully saturated rings. The molecule has 0 N–H and O–H groups in total. The second-order valence-electron chi connectivity index (χ2n) is 3.58. The van der Waals surface area contributed by atoms with E-state index in [0.717, 1.165) is 12.5 Å². The van der Waals surface area contributed by atoms with E-state index in [0.29, 0.717) is 12.5 Å². The predicted octanol–water partition coefficient (Wildman–Crippen LogP) is 3.39. The van der Waals surface area contributed by atoms with E-state index in [1.54, 1.807) is 0 Å². The highest BCUT2D eigenvalue weighted by atomic mass is 19.2. The fraction of sp³-hybridized carbons (Fsp3) is 0.455. The molecule has 0 atom stereocenters. The Morgan fingerprint density at radius 1 is 1.29 bits per heavy atom. The molecular weight excluding hydrogens is 186 g/mol. The summed E-state index contributed by atoms with van der Waals surface area (Å²) in [5.74, 6) is -1.29. The van der Waals surface area contributed by atoms with Crippen LogP contribution in [0.3, 0.4) is 0 Å². The maximum Gasteiger partial charge on any atom is 0.200 e. The molecule has 0 aliphatic heterocycles. The van der Waals surface area contributed by atoms with Crippen molar-refractivity contribution < 1.29 is 13.5 Å². The molecule has 14 heavy (non-hydrogen) atoms. The lowest BCUT2D eigenvalue weighted by Crippen LogP contribution is -2.03. The largest absolute Gasteiger partial charge is 0.490 e. The van der Waals surface area contributed by atoms with Gasteiger partial charge in [0.25, 0.3) is 0 Å². The Kier molecular flexibility index (Phi) is 3.86. The lowest BCUT2D eigenvalue weighted by atomic mass is 10.1. The van der Waals surface area contributed by atoms with Gasteiger partial charge in [0.15, 0.2) is 11.6 Å². The molecule has 0 aromatic heterocycles. The molecule has 0 aliphatic carbocycles. The number of rotatable bonds is 4. The highest BCUT2D eigenvalue weighted by Gasteiger charge is 2.08. The lowest BCUT2D eigenvalue weighted by Gasteiger charge is -2.08. The van der Waals surface area contributed by atoms with Crippen molar-refractivity contribution in [2.24, 2.45) is 5.92 Å². The van der Waals surface area contributed by atoms with Crippen molar-refractivity contribution >= 4 is 0 Å². The van der Waals surface area contributed by atoms with Crippen LogP contribution in [0.5, 0.6) is 5.75 Å². The molecule has 0 amide bonds. The van der Waals surface area contributed by atoms with Gasteiger partial charge < -0.3 is 4.74 Å². The van der Waals surface area contributed by atoms with E-state index in [1.807, 2.05) is 13.8 Å². The van der Waals surface area contributed by atoms with E-state index >= 15 is 0 Å². The molecule has 0 unspecified atom stereocenters. The zero-order valence-electron chi connectivity index (χ0n) is 8.39. The normalized spacial score (nSPS) is 10.6. The van der Waals surface area contributed by atoms with Crippen molar-refractivity contribution in [3.05, 3.63) is 29.8 Å². The van der Waals surface area contributed by atoms with Crippen LogP contribution in [0.15, 0.2) is 18.2 Å². The van der Waals surface area contributed by atoms with Crippen molar-refractivity contribution in [2.45, 2.75) is 20.3 Å². The second kappa shape index (κ2) is 4.94. The van der Waals surface area contributed by atoms with Gasteiger partial charge in [0.05, 0.1) is 6.61 Å². The topological polar surface area (TPSA) is 9.23 Å². The summed E-state index contributed by atoms with van der Waals surface area (Å²) in [6.45, 7) is 4.51. The minimum Gasteiger partial charge on any atom is -0.490 e. The molecule has 78 valence electrons. The van der Waals surface area contributed by atoms with Gasteiger partial charge in [-0.25, -0.2) is 4.39 Å². The number of benzene rings is 1. The van der Waals surface area contributed by atoms with Gasteiger partial charge >= 0.3 is 0 Å². The lowest BCUT2D eigenvalue weighted by molar-refractivity contribution is 0.272. The molecule has 1 aromatic carbocycles. The van der Waals surface area contributed by atoms with Gasteiger partial charge in [-0.05, 0) is 24.5 Å². The summed E-state index contributed by atoms with van der Waals surface area (Å²) in [5, 5.41) is 0. The Hall–Kier alpha value is -1.12. The van der Waals surface area contributed by atoms with E-state index in [9.17, 15) is 8.78 Å². The molecule has 0 bridgehead atoms. The first-order chi connectivity index (χ1) is 6.61. The summed E-state index contributed by atoms with van der Waals surface area (Å²) in [6, 6.07) is 3.94. The van der Waals surface area contributed by atoms with Crippen LogP contribution >= 0.6 is 0 Å². The van der Waals surface area contributed by atoms with Crippen LogP contribution in [0.4, 0.5) is 8.78 Å². The van der Waals surface area contributed by atoms with Crippen LogP contribution in [-0.4, -0.2) is 6.61 Å². The third kappa shape index (κ3) is 2.98. The van der Waals surface area contributed by atoms with Crippen LogP contribution in [-0.2, 0) is 0 Å². The van der Waals surface area contributed by atoms with Crippen LogP contribution in [0, 0.1) is 17.6 Å². The minimum absolute atomic E-state index is 0.00866. The third-order valence-electron chi connectivity index (χ3n) is 1.87. The first-order valence-electron chi connectivity index (χ1n) is 4.68. The van der Waals surface area contributed by atoms with Crippen molar-refractivity contribution in [1.82, 2.24) is 0 Å². The van der Waals surface area contributed by atoms with Crippen molar-refractivity contribution in [3.8, 4) is 5.75 Å². The molecule has 1 nitrogen and oxygen atoms in total. The fourth-order valence-corrected chi connectivity index (χ4v) is 1.00. The third-order valence-corrected chi connectivity index (χ3v) is 1.87. The maximum atomic E-state index is 13.0. The molecular formula is C11H14F2O. The van der Waals surface area contributed by atoms with E-state index in [-0.39, 0.29) is 5.75 Å². The summed E-state index contributed by atoms with van der Waals surface area (Å²) >= 11 is 0. The minimum atomic E-state index is -0.906. The summed E-state index contributed by atoms with van der Waals surface area (Å²) in [6.07, 6.45) is 0.829. The maximum absolute atomic E-state index is 13.0. The summed E-state index contributed by atoms with van der Waals surface area (Å²) in [5.41, 5.74) is 0. The van der Waals surface area contributed by atoms with Crippen molar-refractivity contribution in [2.75, 3.05) is 6.61 Å². The number of hydrogen-bond donors (Lipinski definition) is 0. The van der Waals surface area contributed by atoms with Crippen molar-refractivity contribution in [3.63, 3.8) is 0 Å². The molecule has 0 aliphatic rings. The Labute approximate surface area is 82.7 Å². The highest BCUT2D eigenvalue weighted by molar-refractivity contribution is 5.24. The van der Waals surface area contributed by atoms with E-state index < -0.39 is 11.6 Å². The molecule has 3 heteroatoms. The average molecular weight is 200 g/mol. The first kappa shape index (κ1) is 11.0. The monoisotopic (exact) mass is 200 g/mol. The molecule has 0 radical (unpaired) electrons. The zero-order valence-corrected chi connectivity index (χ0v) is 8.39. The average Bonchev–Trinajstić information content (AvgIpc) is 2.12. The predicted molar refractivity (Wildman–Crippen MR) is 51.3 cm³/mol. The summed E-state index contributed by atoms with van der Waals surface area (Å²) < 4.78 is 30.8. The van der Waals surface area contributed by atoms with Gasteiger partial charge in [0.1, 0.15) is 0 Å². The van der Waals surface area contributed by atoms with Crippen LogP contribution in [0.1, 0.15) is 20.3 Å². The number of ether oxygens (including phenoxy) is 1. The Balaban J connectivity index is 2.54. The molecule has 0 heterocycles. The molecule has 0 spiro atoms. The van der Waals surface area contributed by atoms with E-state index in [4.69, 9.17) is 4.74 Å². The summed E-state index contributed by atoms with van der Waals surface area (Å²) in [7, 11) is 0. The standard InChI is InChI=1S/C11H14F2O/c1-8(2)6-7-14-10-5-3-4-9(12)11(10)13/h3-5,8H,6-7H2,1-2H3. The SMILES string of the molecule is CC(C)CCOc1cccc(F)c1F. The molecule has 1 rings (SSSR count). The number of halogens is 2. The van der Waals surface area contributed by atoms with E-state index in [1.165, 1.54) is 12.1 Å². The molecule has 1 aromatic rings. The number of hydrogen-bond acceptors (Lipinski definition) is 1. The second-order valence-corrected chi connectivity index (χ2v) is 3.58. The molecule has 0 saturated carbocycles. The Morgan fingerprint density at radius 2 is 2.00 bits per heavy atom. The van der Waals surface area contributed by atoms with Crippen LogP contribution < -0.4 is 4.74 Å². The van der Waals surface area contributed by atoms with Crippen molar-refractivity contribution in [1.29, 1.82) is 0 Å². The van der Waals surface area contributed by atoms with Crippen LogP contribution in [0.25, 0.3) is 0 Å². The summed E-state index contributed by atoms with van der Waals surface area (Å²) in [4.78, 5) is 0. The van der Waals surface area contributed by atoms with Gasteiger partial charge in [-0.1, -0.05) is 19.9 Å². The zero-order chi connectivity index (χ0) is 10.6. The fourth-order valence-electron chi connectivity index (χ4n) is 1.00. The quantitative estimate of drug-likeness (QED) is 0.723. The Bertz CT molecular complexity index is 297.